The molecule has 1 atom stereocenters. The number of rotatable bonds is 5. The van der Waals surface area contributed by atoms with Crippen molar-refractivity contribution in [2.24, 2.45) is 0 Å². The van der Waals surface area contributed by atoms with Gasteiger partial charge in [0.2, 0.25) is 5.91 Å². The van der Waals surface area contributed by atoms with Gasteiger partial charge in [-0.25, -0.2) is 0 Å². The van der Waals surface area contributed by atoms with E-state index in [9.17, 15) is 4.79 Å². The molecule has 27 heavy (non-hydrogen) atoms. The topological polar surface area (TPSA) is 25.2 Å². The van der Waals surface area contributed by atoms with Crippen molar-refractivity contribution in [2.45, 2.75) is 24.8 Å². The van der Waals surface area contributed by atoms with Gasteiger partial charge in [-0.3, -0.25) is 4.79 Å². The molecule has 0 bridgehead atoms. The first-order valence-corrected chi connectivity index (χ1v) is 10.4. The van der Waals surface area contributed by atoms with E-state index in [1.165, 1.54) is 16.8 Å². The van der Waals surface area contributed by atoms with Crippen LogP contribution in [0, 0.1) is 0 Å². The summed E-state index contributed by atoms with van der Waals surface area (Å²) in [7, 11) is 0. The lowest BCUT2D eigenvalue weighted by atomic mass is 10.0. The lowest BCUT2D eigenvalue weighted by Gasteiger charge is -2.35. The molecule has 138 valence electrons. The Morgan fingerprint density at radius 3 is 2.22 bits per heavy atom. The first-order valence-electron chi connectivity index (χ1n) is 9.40. The van der Waals surface area contributed by atoms with Gasteiger partial charge in [-0.05, 0) is 30.2 Å². The SMILES string of the molecule is CC1c2cccn2CCN1C(=O)CSC(c1ccccc1)c1ccccc1. The minimum Gasteiger partial charge on any atom is -0.348 e. The third-order valence-corrected chi connectivity index (χ3v) is 6.53. The second-order valence-corrected chi connectivity index (χ2v) is 8.00. The quantitative estimate of drug-likeness (QED) is 0.632. The van der Waals surface area contributed by atoms with E-state index in [0.717, 1.165) is 13.1 Å². The average Bonchev–Trinajstić information content (AvgIpc) is 3.20. The molecule has 3 aromatic rings. The molecule has 1 aliphatic rings. The summed E-state index contributed by atoms with van der Waals surface area (Å²) < 4.78 is 2.25. The van der Waals surface area contributed by atoms with Crippen molar-refractivity contribution in [3.8, 4) is 0 Å². The Morgan fingerprint density at radius 1 is 0.963 bits per heavy atom. The Bertz CT molecular complexity index is 852. The smallest absolute Gasteiger partial charge is 0.233 e. The molecule has 2 heterocycles. The third kappa shape index (κ3) is 3.81. The number of thioether (sulfide) groups is 1. The lowest BCUT2D eigenvalue weighted by Crippen LogP contribution is -2.41. The van der Waals surface area contributed by atoms with Crippen LogP contribution in [0.25, 0.3) is 0 Å². The average molecular weight is 377 g/mol. The van der Waals surface area contributed by atoms with Crippen LogP contribution in [0.2, 0.25) is 0 Å². The Balaban J connectivity index is 1.49. The fraction of sp³-hybridized carbons (Fsp3) is 0.261. The summed E-state index contributed by atoms with van der Waals surface area (Å²) in [6, 6.07) is 25.2. The number of aromatic nitrogens is 1. The molecule has 0 radical (unpaired) electrons. The summed E-state index contributed by atoms with van der Waals surface area (Å²) in [4.78, 5) is 15.0. The highest BCUT2D eigenvalue weighted by Gasteiger charge is 2.28. The van der Waals surface area contributed by atoms with Crippen LogP contribution in [0.15, 0.2) is 79.0 Å². The zero-order valence-electron chi connectivity index (χ0n) is 15.5. The van der Waals surface area contributed by atoms with Crippen molar-refractivity contribution in [2.75, 3.05) is 12.3 Å². The van der Waals surface area contributed by atoms with Gasteiger partial charge in [0, 0.05) is 25.0 Å². The fourth-order valence-corrected chi connectivity index (χ4v) is 4.97. The van der Waals surface area contributed by atoms with Gasteiger partial charge in [0.25, 0.3) is 0 Å². The zero-order valence-corrected chi connectivity index (χ0v) is 16.3. The van der Waals surface area contributed by atoms with Gasteiger partial charge in [-0.2, -0.15) is 0 Å². The highest BCUT2D eigenvalue weighted by Crippen LogP contribution is 2.36. The van der Waals surface area contributed by atoms with E-state index in [-0.39, 0.29) is 17.2 Å². The molecular formula is C23H24N2OS. The van der Waals surface area contributed by atoms with E-state index in [1.54, 1.807) is 11.8 Å². The molecule has 3 nitrogen and oxygen atoms in total. The van der Waals surface area contributed by atoms with Crippen LogP contribution in [0.4, 0.5) is 0 Å². The first kappa shape index (κ1) is 17.9. The largest absolute Gasteiger partial charge is 0.348 e. The van der Waals surface area contributed by atoms with Crippen molar-refractivity contribution < 1.29 is 4.79 Å². The van der Waals surface area contributed by atoms with Crippen molar-refractivity contribution in [3.63, 3.8) is 0 Å². The summed E-state index contributed by atoms with van der Waals surface area (Å²) in [5, 5.41) is 0.167. The molecule has 1 amide bonds. The Labute approximate surface area is 165 Å². The second-order valence-electron chi connectivity index (χ2n) is 6.90. The molecule has 0 N–H and O–H groups in total. The van der Waals surface area contributed by atoms with Crippen LogP contribution in [-0.2, 0) is 11.3 Å². The molecule has 1 aliphatic heterocycles. The van der Waals surface area contributed by atoms with Crippen LogP contribution in [0.3, 0.4) is 0 Å². The minimum absolute atomic E-state index is 0.133. The Kier molecular flexibility index (Phi) is 5.35. The van der Waals surface area contributed by atoms with Crippen molar-refractivity contribution in [1.82, 2.24) is 9.47 Å². The number of nitrogens with zero attached hydrogens (tertiary/aromatic N) is 2. The van der Waals surface area contributed by atoms with Gasteiger partial charge in [-0.1, -0.05) is 60.7 Å². The number of carbonyl (C=O) groups is 1. The summed E-state index contributed by atoms with van der Waals surface area (Å²) in [6.45, 7) is 3.78. The van der Waals surface area contributed by atoms with Crippen LogP contribution in [0.1, 0.15) is 35.0 Å². The molecule has 0 fully saturated rings. The molecule has 0 saturated heterocycles. The second kappa shape index (κ2) is 8.05. The van der Waals surface area contributed by atoms with Gasteiger partial charge < -0.3 is 9.47 Å². The van der Waals surface area contributed by atoms with E-state index >= 15 is 0 Å². The van der Waals surface area contributed by atoms with Crippen molar-refractivity contribution in [1.29, 1.82) is 0 Å². The van der Waals surface area contributed by atoms with Crippen molar-refractivity contribution in [3.05, 3.63) is 95.8 Å². The van der Waals surface area contributed by atoms with Crippen molar-refractivity contribution >= 4 is 17.7 Å². The maximum absolute atomic E-state index is 13.0. The number of hydrogen-bond acceptors (Lipinski definition) is 2. The molecule has 0 spiro atoms. The molecule has 4 rings (SSSR count). The number of fused-ring (bicyclic) bond motifs is 1. The predicted molar refractivity (Wildman–Crippen MR) is 112 cm³/mol. The molecule has 1 unspecified atom stereocenters. The standard InChI is InChI=1S/C23H24N2OS/c1-18-21-13-8-14-24(21)15-16-25(18)22(26)17-27-23(19-9-4-2-5-10-19)20-11-6-3-7-12-20/h2-14,18,23H,15-17H2,1H3. The van der Waals surface area contributed by atoms with E-state index in [1.807, 2.05) is 17.0 Å². The maximum atomic E-state index is 13.0. The first-order chi connectivity index (χ1) is 13.2. The summed E-state index contributed by atoms with van der Waals surface area (Å²) in [6.07, 6.45) is 2.10. The fourth-order valence-electron chi connectivity index (χ4n) is 3.80. The van der Waals surface area contributed by atoms with Gasteiger partial charge >= 0.3 is 0 Å². The van der Waals surface area contributed by atoms with Crippen LogP contribution in [0.5, 0.6) is 0 Å². The van der Waals surface area contributed by atoms with E-state index in [2.05, 4.69) is 78.4 Å². The van der Waals surface area contributed by atoms with E-state index in [4.69, 9.17) is 0 Å². The van der Waals surface area contributed by atoms with Crippen LogP contribution < -0.4 is 0 Å². The Morgan fingerprint density at radius 2 is 1.59 bits per heavy atom. The Hall–Kier alpha value is -2.46. The molecule has 0 saturated carbocycles. The van der Waals surface area contributed by atoms with Crippen LogP contribution in [-0.4, -0.2) is 27.7 Å². The monoisotopic (exact) mass is 376 g/mol. The molecular weight excluding hydrogens is 352 g/mol. The predicted octanol–water partition coefficient (Wildman–Crippen LogP) is 4.91. The van der Waals surface area contributed by atoms with E-state index < -0.39 is 0 Å². The highest BCUT2D eigenvalue weighted by molar-refractivity contribution is 8.00. The highest BCUT2D eigenvalue weighted by atomic mass is 32.2. The van der Waals surface area contributed by atoms with Gasteiger partial charge in [-0.15, -0.1) is 11.8 Å². The van der Waals surface area contributed by atoms with Gasteiger partial charge in [0.15, 0.2) is 0 Å². The summed E-state index contributed by atoms with van der Waals surface area (Å²) >= 11 is 1.72. The number of carbonyl (C=O) groups excluding carboxylic acids is 1. The molecule has 1 aromatic heterocycles. The maximum Gasteiger partial charge on any atom is 0.233 e. The van der Waals surface area contributed by atoms with Gasteiger partial charge in [0.1, 0.15) is 0 Å². The van der Waals surface area contributed by atoms with Crippen LogP contribution >= 0.6 is 11.8 Å². The molecule has 4 heteroatoms. The number of benzene rings is 2. The minimum atomic E-state index is 0.133. The summed E-state index contributed by atoms with van der Waals surface area (Å²) in [5.74, 6) is 0.705. The summed E-state index contributed by atoms with van der Waals surface area (Å²) in [5.41, 5.74) is 3.70. The number of hydrogen-bond donors (Lipinski definition) is 0. The van der Waals surface area contributed by atoms with Gasteiger partial charge in [0.05, 0.1) is 17.0 Å². The van der Waals surface area contributed by atoms with E-state index in [0.29, 0.717) is 5.75 Å². The molecule has 2 aromatic carbocycles. The molecule has 0 aliphatic carbocycles. The lowest BCUT2D eigenvalue weighted by molar-refractivity contribution is -0.131. The third-order valence-electron chi connectivity index (χ3n) is 5.24. The normalized spacial score (nSPS) is 16.4. The zero-order chi connectivity index (χ0) is 18.6. The number of amides is 1.